The van der Waals surface area contributed by atoms with Gasteiger partial charge < -0.3 is 9.13 Å². The number of aromatic nitrogens is 2. The first kappa shape index (κ1) is 23.8. The van der Waals surface area contributed by atoms with E-state index in [9.17, 15) is 0 Å². The first-order valence-corrected chi connectivity index (χ1v) is 14.2. The van der Waals surface area contributed by atoms with Gasteiger partial charge >= 0.3 is 0 Å². The van der Waals surface area contributed by atoms with Crippen LogP contribution in [0.4, 0.5) is 10.0 Å². The summed E-state index contributed by atoms with van der Waals surface area (Å²) >= 11 is 6.40. The highest BCUT2D eigenvalue weighted by atomic mass is 32.1. The summed E-state index contributed by atoms with van der Waals surface area (Å²) in [5.41, 5.74) is 4.24. The Morgan fingerprint density at radius 1 is 0.658 bits per heavy atom. The standard InChI is InChI=1S/C26H12N8S4/c1-33-15(17-3-5-21(35-17)31-13(9-27)10-28)7-20-23(33)24-26(38-20)25-16(34(24)2)8-19(37-25)18-4-6-22(36-18)32-14(11-29)12-30/h3-8H,1-2H3. The maximum atomic E-state index is 9.00. The highest BCUT2D eigenvalue weighted by Gasteiger charge is 2.22. The Kier molecular flexibility index (Phi) is 5.69. The molecule has 0 amide bonds. The molecule has 6 heterocycles. The minimum absolute atomic E-state index is 0.151. The van der Waals surface area contributed by atoms with Crippen molar-refractivity contribution < 1.29 is 0 Å². The minimum Gasteiger partial charge on any atom is -0.341 e. The number of fused-ring (bicyclic) bond motifs is 5. The molecule has 6 aromatic rings. The van der Waals surface area contributed by atoms with Gasteiger partial charge in [-0.25, -0.2) is 9.98 Å². The van der Waals surface area contributed by atoms with Crippen LogP contribution in [0.5, 0.6) is 0 Å². The normalized spacial score (nSPS) is 10.8. The lowest BCUT2D eigenvalue weighted by atomic mass is 10.3. The zero-order valence-electron chi connectivity index (χ0n) is 19.7. The average molecular weight is 565 g/mol. The van der Waals surface area contributed by atoms with Crippen LogP contribution >= 0.6 is 45.3 Å². The van der Waals surface area contributed by atoms with Gasteiger partial charge in [0.05, 0.1) is 41.2 Å². The van der Waals surface area contributed by atoms with Crippen molar-refractivity contribution in [1.29, 1.82) is 21.0 Å². The lowest BCUT2D eigenvalue weighted by Crippen LogP contribution is -1.92. The fourth-order valence-corrected chi connectivity index (χ4v) is 8.87. The second kappa shape index (κ2) is 9.08. The van der Waals surface area contributed by atoms with Crippen molar-refractivity contribution >= 4 is 97.4 Å². The van der Waals surface area contributed by atoms with Gasteiger partial charge in [-0.05, 0) is 36.4 Å². The Balaban J connectivity index is 1.42. The second-order valence-corrected chi connectivity index (χ2v) is 12.3. The molecule has 0 N–H and O–H groups in total. The molecule has 0 aromatic carbocycles. The molecule has 0 aliphatic heterocycles. The van der Waals surface area contributed by atoms with Crippen molar-refractivity contribution in [3.8, 4) is 44.6 Å². The van der Waals surface area contributed by atoms with Gasteiger partial charge in [-0.3, -0.25) is 0 Å². The average Bonchev–Trinajstić information content (AvgIpc) is 3.74. The molecule has 38 heavy (non-hydrogen) atoms. The number of thiophene rings is 4. The summed E-state index contributed by atoms with van der Waals surface area (Å²) in [6, 6.07) is 19.2. The summed E-state index contributed by atoms with van der Waals surface area (Å²) in [5.74, 6) is 0. The fraction of sp³-hybridized carbons (Fsp3) is 0.0769. The first-order chi connectivity index (χ1) is 18.4. The smallest absolute Gasteiger partial charge is 0.219 e. The van der Waals surface area contributed by atoms with Gasteiger partial charge in [0.25, 0.3) is 0 Å². The second-order valence-electron chi connectivity index (χ2n) is 8.11. The van der Waals surface area contributed by atoms with Crippen LogP contribution in [0.25, 0.3) is 51.0 Å². The van der Waals surface area contributed by atoms with E-state index in [2.05, 4.69) is 45.3 Å². The summed E-state index contributed by atoms with van der Waals surface area (Å²) in [6.45, 7) is 0. The highest BCUT2D eigenvalue weighted by molar-refractivity contribution is 7.33. The van der Waals surface area contributed by atoms with E-state index in [1.54, 1.807) is 47.0 Å². The van der Waals surface area contributed by atoms with E-state index in [0.717, 1.165) is 31.4 Å². The molecule has 0 saturated heterocycles. The van der Waals surface area contributed by atoms with Crippen LogP contribution in [0.3, 0.4) is 0 Å². The van der Waals surface area contributed by atoms with Crippen LogP contribution in [0.15, 0.2) is 46.4 Å². The van der Waals surface area contributed by atoms with Gasteiger partial charge in [0.15, 0.2) is 0 Å². The molecular weight excluding hydrogens is 553 g/mol. The molecule has 0 atom stereocenters. The predicted molar refractivity (Wildman–Crippen MR) is 156 cm³/mol. The molecule has 12 heteroatoms. The molecule has 6 rings (SSSR count). The molecule has 0 aliphatic rings. The Morgan fingerprint density at radius 2 is 1.26 bits per heavy atom. The monoisotopic (exact) mass is 564 g/mol. The van der Waals surface area contributed by atoms with Crippen LogP contribution < -0.4 is 0 Å². The topological polar surface area (TPSA) is 130 Å². The predicted octanol–water partition coefficient (Wildman–Crippen LogP) is 7.64. The third-order valence-electron chi connectivity index (χ3n) is 6.01. The fourth-order valence-electron chi connectivity index (χ4n) is 4.35. The van der Waals surface area contributed by atoms with E-state index in [4.69, 9.17) is 21.0 Å². The molecule has 0 saturated carbocycles. The SMILES string of the molecule is Cn1c(-c2ccc(N=C(C#N)C#N)s2)cc2sc3c4sc(-c5ccc(N=C(C#N)C#N)s5)cc4n(C)c3c21. The lowest BCUT2D eigenvalue weighted by Gasteiger charge is -2.03. The molecule has 0 bridgehead atoms. The summed E-state index contributed by atoms with van der Waals surface area (Å²) in [4.78, 5) is 11.4. The minimum atomic E-state index is -0.156. The van der Waals surface area contributed by atoms with Crippen molar-refractivity contribution in [3.63, 3.8) is 0 Å². The quantitative estimate of drug-likeness (QED) is 0.204. The highest BCUT2D eigenvalue weighted by Crippen LogP contribution is 2.48. The molecular formula is C26H12N8S4. The van der Waals surface area contributed by atoms with Gasteiger partial charge in [-0.2, -0.15) is 21.0 Å². The largest absolute Gasteiger partial charge is 0.341 e. The Morgan fingerprint density at radius 3 is 1.89 bits per heavy atom. The number of hydrogen-bond acceptors (Lipinski definition) is 10. The maximum absolute atomic E-state index is 9.00. The van der Waals surface area contributed by atoms with Gasteiger partial charge in [0.1, 0.15) is 34.3 Å². The molecule has 180 valence electrons. The van der Waals surface area contributed by atoms with Crippen LogP contribution in [0.2, 0.25) is 0 Å². The van der Waals surface area contributed by atoms with Gasteiger partial charge in [0.2, 0.25) is 11.4 Å². The van der Waals surface area contributed by atoms with Gasteiger partial charge in [-0.1, -0.05) is 0 Å². The first-order valence-electron chi connectivity index (χ1n) is 10.9. The molecule has 0 radical (unpaired) electrons. The molecule has 0 unspecified atom stereocenters. The number of rotatable bonds is 4. The maximum Gasteiger partial charge on any atom is 0.219 e. The lowest BCUT2D eigenvalue weighted by molar-refractivity contribution is 0.968. The van der Waals surface area contributed by atoms with Crippen molar-refractivity contribution in [3.05, 3.63) is 36.4 Å². The summed E-state index contributed by atoms with van der Waals surface area (Å²) in [6.07, 6.45) is 0. The van der Waals surface area contributed by atoms with Crippen LogP contribution in [0.1, 0.15) is 0 Å². The Hall–Kier alpha value is -4.56. The number of nitriles is 4. The molecule has 0 aliphatic carbocycles. The van der Waals surface area contributed by atoms with Crippen LogP contribution in [-0.4, -0.2) is 20.6 Å². The molecule has 8 nitrogen and oxygen atoms in total. The Bertz CT molecular complexity index is 2130. The van der Waals surface area contributed by atoms with E-state index >= 15 is 0 Å². The van der Waals surface area contributed by atoms with Crippen molar-refractivity contribution in [2.24, 2.45) is 24.1 Å². The van der Waals surface area contributed by atoms with Crippen molar-refractivity contribution in [1.82, 2.24) is 9.13 Å². The van der Waals surface area contributed by atoms with Gasteiger partial charge in [-0.15, -0.1) is 45.3 Å². The van der Waals surface area contributed by atoms with E-state index in [0.29, 0.717) is 10.0 Å². The number of aliphatic imine (C=N–C) groups is 2. The molecule has 6 aromatic heterocycles. The zero-order chi connectivity index (χ0) is 26.6. The number of nitrogens with zero attached hydrogens (tertiary/aromatic N) is 8. The van der Waals surface area contributed by atoms with Crippen LogP contribution in [0, 0.1) is 45.3 Å². The van der Waals surface area contributed by atoms with E-state index in [-0.39, 0.29) is 11.4 Å². The van der Waals surface area contributed by atoms with E-state index < -0.39 is 0 Å². The Labute approximate surface area is 231 Å². The van der Waals surface area contributed by atoms with Crippen molar-refractivity contribution in [2.75, 3.05) is 0 Å². The third kappa shape index (κ3) is 3.64. The molecule has 0 spiro atoms. The summed E-state index contributed by atoms with van der Waals surface area (Å²) in [7, 11) is 4.14. The number of aryl methyl sites for hydroxylation is 2. The molecule has 0 fully saturated rings. The third-order valence-corrected chi connectivity index (χ3v) is 10.6. The number of hydrogen-bond donors (Lipinski definition) is 0. The van der Waals surface area contributed by atoms with Crippen LogP contribution in [-0.2, 0) is 14.1 Å². The van der Waals surface area contributed by atoms with Gasteiger partial charge in [0, 0.05) is 23.8 Å². The van der Waals surface area contributed by atoms with E-state index in [1.165, 1.54) is 42.3 Å². The van der Waals surface area contributed by atoms with Crippen molar-refractivity contribution in [2.45, 2.75) is 0 Å². The summed E-state index contributed by atoms with van der Waals surface area (Å²) in [5, 5.41) is 37.2. The van der Waals surface area contributed by atoms with E-state index in [1.807, 2.05) is 24.3 Å². The summed E-state index contributed by atoms with van der Waals surface area (Å²) < 4.78 is 8.07. The zero-order valence-corrected chi connectivity index (χ0v) is 22.9.